The Morgan fingerprint density at radius 2 is 1.96 bits per heavy atom. The molecule has 5 heteroatoms. The predicted molar refractivity (Wildman–Crippen MR) is 110 cm³/mol. The molecule has 1 unspecified atom stereocenters. The van der Waals surface area contributed by atoms with E-state index in [4.69, 9.17) is 9.72 Å². The van der Waals surface area contributed by atoms with E-state index in [0.717, 1.165) is 45.6 Å². The number of amides is 1. The summed E-state index contributed by atoms with van der Waals surface area (Å²) in [5, 5.41) is 4.79. The maximum atomic E-state index is 12.3. The first kappa shape index (κ1) is 17.9. The number of carbonyl (C=O) groups is 1. The Bertz CT molecular complexity index is 971. The van der Waals surface area contributed by atoms with E-state index in [1.807, 2.05) is 43.3 Å². The molecule has 0 spiro atoms. The summed E-state index contributed by atoms with van der Waals surface area (Å²) in [4.78, 5) is 17.1. The zero-order chi connectivity index (χ0) is 18.8. The molecule has 1 saturated carbocycles. The van der Waals surface area contributed by atoms with Crippen LogP contribution in [0.25, 0.3) is 22.0 Å². The fourth-order valence-electron chi connectivity index (χ4n) is 3.01. The van der Waals surface area contributed by atoms with Crippen LogP contribution >= 0.6 is 11.8 Å². The van der Waals surface area contributed by atoms with Gasteiger partial charge in [-0.2, -0.15) is 0 Å². The van der Waals surface area contributed by atoms with Crippen molar-refractivity contribution in [3.63, 3.8) is 0 Å². The van der Waals surface area contributed by atoms with Crippen LogP contribution in [0.1, 0.15) is 19.8 Å². The van der Waals surface area contributed by atoms with Crippen LogP contribution in [-0.2, 0) is 4.79 Å². The average molecular weight is 378 g/mol. The van der Waals surface area contributed by atoms with Crippen molar-refractivity contribution in [2.75, 3.05) is 7.11 Å². The van der Waals surface area contributed by atoms with Gasteiger partial charge in [-0.05, 0) is 49.1 Å². The molecule has 0 aliphatic heterocycles. The van der Waals surface area contributed by atoms with Gasteiger partial charge in [0, 0.05) is 17.5 Å². The second-order valence-corrected chi connectivity index (χ2v) is 8.16. The first-order valence-corrected chi connectivity index (χ1v) is 10.0. The minimum Gasteiger partial charge on any atom is -0.497 e. The van der Waals surface area contributed by atoms with Crippen LogP contribution in [-0.4, -0.2) is 29.3 Å². The largest absolute Gasteiger partial charge is 0.497 e. The van der Waals surface area contributed by atoms with Crippen molar-refractivity contribution in [1.82, 2.24) is 10.3 Å². The monoisotopic (exact) mass is 378 g/mol. The molecule has 1 atom stereocenters. The Labute approximate surface area is 163 Å². The fourth-order valence-corrected chi connectivity index (χ4v) is 3.88. The van der Waals surface area contributed by atoms with Crippen molar-refractivity contribution in [3.8, 4) is 16.9 Å². The zero-order valence-electron chi connectivity index (χ0n) is 15.4. The summed E-state index contributed by atoms with van der Waals surface area (Å²) in [5.74, 6) is 0.854. The van der Waals surface area contributed by atoms with Crippen molar-refractivity contribution in [2.45, 2.75) is 36.1 Å². The van der Waals surface area contributed by atoms with Crippen molar-refractivity contribution in [3.05, 3.63) is 54.6 Å². The van der Waals surface area contributed by atoms with Gasteiger partial charge in [-0.1, -0.05) is 42.1 Å². The summed E-state index contributed by atoms with van der Waals surface area (Å²) < 4.78 is 5.37. The Morgan fingerprint density at radius 1 is 1.19 bits per heavy atom. The van der Waals surface area contributed by atoms with Gasteiger partial charge < -0.3 is 10.1 Å². The Hall–Kier alpha value is -2.53. The molecule has 1 heterocycles. The quantitative estimate of drug-likeness (QED) is 0.633. The number of benzene rings is 2. The molecule has 1 aliphatic rings. The van der Waals surface area contributed by atoms with Gasteiger partial charge in [0.2, 0.25) is 5.91 Å². The number of fused-ring (bicyclic) bond motifs is 1. The molecule has 1 aliphatic carbocycles. The normalized spacial score (nSPS) is 14.7. The molecule has 1 aromatic heterocycles. The SMILES string of the molecule is COc1ccc2c(-c3ccccc3)cc(SC(C)C(=O)NC3CC3)nc2c1. The number of methoxy groups -OCH3 is 1. The summed E-state index contributed by atoms with van der Waals surface area (Å²) in [6.45, 7) is 1.93. The molecule has 2 aromatic carbocycles. The van der Waals surface area contributed by atoms with Crippen molar-refractivity contribution in [2.24, 2.45) is 0 Å². The molecule has 138 valence electrons. The molecule has 0 radical (unpaired) electrons. The molecule has 1 amide bonds. The van der Waals surface area contributed by atoms with Gasteiger partial charge in [0.1, 0.15) is 5.75 Å². The maximum Gasteiger partial charge on any atom is 0.233 e. The molecule has 1 N–H and O–H groups in total. The summed E-state index contributed by atoms with van der Waals surface area (Å²) >= 11 is 1.49. The van der Waals surface area contributed by atoms with Gasteiger partial charge in [-0.15, -0.1) is 0 Å². The highest BCUT2D eigenvalue weighted by Gasteiger charge is 2.26. The molecule has 4 rings (SSSR count). The van der Waals surface area contributed by atoms with E-state index in [0.29, 0.717) is 6.04 Å². The molecule has 4 nitrogen and oxygen atoms in total. The third-order valence-electron chi connectivity index (χ3n) is 4.67. The van der Waals surface area contributed by atoms with E-state index in [9.17, 15) is 4.79 Å². The average Bonchev–Trinajstić information content (AvgIpc) is 3.51. The van der Waals surface area contributed by atoms with E-state index >= 15 is 0 Å². The minimum absolute atomic E-state index is 0.0799. The predicted octanol–water partition coefficient (Wildman–Crippen LogP) is 4.67. The number of nitrogens with zero attached hydrogens (tertiary/aromatic N) is 1. The highest BCUT2D eigenvalue weighted by atomic mass is 32.2. The lowest BCUT2D eigenvalue weighted by atomic mass is 10.0. The Balaban J connectivity index is 1.72. The Morgan fingerprint density at radius 3 is 2.67 bits per heavy atom. The van der Waals surface area contributed by atoms with E-state index in [2.05, 4.69) is 23.5 Å². The summed E-state index contributed by atoms with van der Waals surface area (Å²) in [6.07, 6.45) is 2.19. The molecule has 1 fully saturated rings. The Kier molecular flexibility index (Phi) is 5.03. The zero-order valence-corrected chi connectivity index (χ0v) is 16.3. The number of aromatic nitrogens is 1. The number of pyridine rings is 1. The summed E-state index contributed by atoms with van der Waals surface area (Å²) in [7, 11) is 1.65. The van der Waals surface area contributed by atoms with Crippen molar-refractivity contribution in [1.29, 1.82) is 0 Å². The molecular formula is C22H22N2O2S. The second kappa shape index (κ2) is 7.61. The molecule has 0 bridgehead atoms. The van der Waals surface area contributed by atoms with Crippen LogP contribution in [0.3, 0.4) is 0 Å². The van der Waals surface area contributed by atoms with E-state index in [1.165, 1.54) is 11.8 Å². The standard InChI is InChI=1S/C22H22N2O2S/c1-14(22(25)23-16-8-9-16)27-21-13-19(15-6-4-3-5-7-15)18-11-10-17(26-2)12-20(18)24-21/h3-7,10-14,16H,8-9H2,1-2H3,(H,23,25). The van der Waals surface area contributed by atoms with Crippen LogP contribution < -0.4 is 10.1 Å². The topological polar surface area (TPSA) is 51.2 Å². The van der Waals surface area contributed by atoms with Gasteiger partial charge in [-0.25, -0.2) is 4.98 Å². The van der Waals surface area contributed by atoms with Gasteiger partial charge in [0.05, 0.1) is 22.9 Å². The lowest BCUT2D eigenvalue weighted by molar-refractivity contribution is -0.120. The number of nitrogens with one attached hydrogen (secondary N) is 1. The van der Waals surface area contributed by atoms with Crippen LogP contribution in [0.2, 0.25) is 0 Å². The smallest absolute Gasteiger partial charge is 0.233 e. The lowest BCUT2D eigenvalue weighted by Gasteiger charge is -2.14. The lowest BCUT2D eigenvalue weighted by Crippen LogP contribution is -2.32. The number of rotatable bonds is 6. The van der Waals surface area contributed by atoms with E-state index < -0.39 is 0 Å². The first-order chi connectivity index (χ1) is 13.1. The van der Waals surface area contributed by atoms with Crippen LogP contribution in [0.15, 0.2) is 59.6 Å². The number of hydrogen-bond acceptors (Lipinski definition) is 4. The molecular weight excluding hydrogens is 356 g/mol. The van der Waals surface area contributed by atoms with Gasteiger partial charge in [0.15, 0.2) is 0 Å². The summed E-state index contributed by atoms with van der Waals surface area (Å²) in [5.41, 5.74) is 3.11. The second-order valence-electron chi connectivity index (χ2n) is 6.80. The van der Waals surface area contributed by atoms with Crippen LogP contribution in [0, 0.1) is 0 Å². The van der Waals surface area contributed by atoms with Gasteiger partial charge >= 0.3 is 0 Å². The van der Waals surface area contributed by atoms with Crippen molar-refractivity contribution >= 4 is 28.6 Å². The highest BCUT2D eigenvalue weighted by Crippen LogP contribution is 2.34. The molecule has 3 aromatic rings. The number of thioether (sulfide) groups is 1. The fraction of sp³-hybridized carbons (Fsp3) is 0.273. The first-order valence-electron chi connectivity index (χ1n) is 9.15. The van der Waals surface area contributed by atoms with Crippen molar-refractivity contribution < 1.29 is 9.53 Å². The van der Waals surface area contributed by atoms with Gasteiger partial charge in [-0.3, -0.25) is 4.79 Å². The number of carbonyl (C=O) groups excluding carboxylic acids is 1. The molecule has 0 saturated heterocycles. The van der Waals surface area contributed by atoms with E-state index in [1.54, 1.807) is 7.11 Å². The van der Waals surface area contributed by atoms with Gasteiger partial charge in [0.25, 0.3) is 0 Å². The maximum absolute atomic E-state index is 12.3. The third kappa shape index (κ3) is 4.08. The van der Waals surface area contributed by atoms with Crippen LogP contribution in [0.5, 0.6) is 5.75 Å². The highest BCUT2D eigenvalue weighted by molar-refractivity contribution is 8.00. The minimum atomic E-state index is -0.190. The number of hydrogen-bond donors (Lipinski definition) is 1. The van der Waals surface area contributed by atoms with Crippen LogP contribution in [0.4, 0.5) is 0 Å². The number of ether oxygens (including phenoxy) is 1. The van der Waals surface area contributed by atoms with E-state index in [-0.39, 0.29) is 11.2 Å². The summed E-state index contributed by atoms with van der Waals surface area (Å²) in [6, 6.07) is 18.7. The third-order valence-corrected chi connectivity index (χ3v) is 5.69. The molecule has 27 heavy (non-hydrogen) atoms.